The summed E-state index contributed by atoms with van der Waals surface area (Å²) in [6, 6.07) is 7.07. The Morgan fingerprint density at radius 3 is 2.94 bits per heavy atom. The standard InChI is InChI=1S/C12H8BrN3O2/c1-16-5-4-9(14-16)12(17)11-8-3-2-7(13)6-10(8)18-15-11/h2-6H,1H3. The summed E-state index contributed by atoms with van der Waals surface area (Å²) in [6.07, 6.45) is 1.71. The van der Waals surface area contributed by atoms with Gasteiger partial charge in [-0.15, -0.1) is 0 Å². The lowest BCUT2D eigenvalue weighted by Gasteiger charge is -1.93. The number of halogens is 1. The topological polar surface area (TPSA) is 60.9 Å². The van der Waals surface area contributed by atoms with Crippen LogP contribution in [0.1, 0.15) is 16.2 Å². The number of ketones is 1. The molecule has 2 heterocycles. The van der Waals surface area contributed by atoms with E-state index in [0.29, 0.717) is 16.7 Å². The average Bonchev–Trinajstić information content (AvgIpc) is 2.94. The van der Waals surface area contributed by atoms with E-state index in [4.69, 9.17) is 4.52 Å². The molecule has 0 saturated carbocycles. The van der Waals surface area contributed by atoms with Gasteiger partial charge in [0.1, 0.15) is 5.69 Å². The number of carbonyl (C=O) groups is 1. The number of fused-ring (bicyclic) bond motifs is 1. The Labute approximate surface area is 111 Å². The average molecular weight is 306 g/mol. The zero-order chi connectivity index (χ0) is 12.7. The summed E-state index contributed by atoms with van der Waals surface area (Å²) in [6.45, 7) is 0. The fourth-order valence-corrected chi connectivity index (χ4v) is 2.07. The van der Waals surface area contributed by atoms with Crippen molar-refractivity contribution >= 4 is 32.7 Å². The van der Waals surface area contributed by atoms with E-state index in [1.165, 1.54) is 0 Å². The van der Waals surface area contributed by atoms with Gasteiger partial charge in [0.05, 0.1) is 5.39 Å². The first-order valence-electron chi connectivity index (χ1n) is 5.24. The maximum atomic E-state index is 12.2. The number of nitrogens with zero attached hydrogens (tertiary/aromatic N) is 3. The van der Waals surface area contributed by atoms with E-state index in [0.717, 1.165) is 4.47 Å². The maximum absolute atomic E-state index is 12.2. The highest BCUT2D eigenvalue weighted by molar-refractivity contribution is 9.10. The van der Waals surface area contributed by atoms with E-state index >= 15 is 0 Å². The molecule has 0 fully saturated rings. The minimum atomic E-state index is -0.239. The van der Waals surface area contributed by atoms with Gasteiger partial charge >= 0.3 is 0 Å². The summed E-state index contributed by atoms with van der Waals surface area (Å²) in [5, 5.41) is 8.58. The molecule has 0 aliphatic carbocycles. The predicted octanol–water partition coefficient (Wildman–Crippen LogP) is 2.55. The van der Waals surface area contributed by atoms with Gasteiger partial charge in [-0.2, -0.15) is 5.10 Å². The van der Waals surface area contributed by atoms with Crippen molar-refractivity contribution < 1.29 is 9.32 Å². The second-order valence-corrected chi connectivity index (χ2v) is 4.79. The number of benzene rings is 1. The molecule has 0 amide bonds. The lowest BCUT2D eigenvalue weighted by Crippen LogP contribution is -2.04. The van der Waals surface area contributed by atoms with Gasteiger partial charge < -0.3 is 4.52 Å². The van der Waals surface area contributed by atoms with Crippen LogP contribution in [0.5, 0.6) is 0 Å². The van der Waals surface area contributed by atoms with Gasteiger partial charge in [-0.3, -0.25) is 9.48 Å². The van der Waals surface area contributed by atoms with Crippen LogP contribution < -0.4 is 0 Å². The summed E-state index contributed by atoms with van der Waals surface area (Å²) in [5.41, 5.74) is 1.22. The molecule has 0 aliphatic rings. The molecule has 0 bridgehead atoms. The molecule has 90 valence electrons. The summed E-state index contributed by atoms with van der Waals surface area (Å²) in [4.78, 5) is 12.2. The Kier molecular flexibility index (Phi) is 2.52. The van der Waals surface area contributed by atoms with E-state index in [1.54, 1.807) is 36.1 Å². The van der Waals surface area contributed by atoms with Crippen LogP contribution in [0, 0.1) is 0 Å². The third kappa shape index (κ3) is 1.74. The number of hydrogen-bond acceptors (Lipinski definition) is 4. The minimum absolute atomic E-state index is 0.239. The van der Waals surface area contributed by atoms with Crippen molar-refractivity contribution in [3.8, 4) is 0 Å². The van der Waals surface area contributed by atoms with Crippen LogP contribution in [-0.4, -0.2) is 20.7 Å². The summed E-state index contributed by atoms with van der Waals surface area (Å²) >= 11 is 3.34. The van der Waals surface area contributed by atoms with E-state index < -0.39 is 0 Å². The zero-order valence-electron chi connectivity index (χ0n) is 9.42. The first kappa shape index (κ1) is 11.2. The fourth-order valence-electron chi connectivity index (χ4n) is 1.73. The van der Waals surface area contributed by atoms with Crippen molar-refractivity contribution in [2.24, 2.45) is 7.05 Å². The van der Waals surface area contributed by atoms with Gasteiger partial charge in [-0.25, -0.2) is 0 Å². The molecule has 3 rings (SSSR count). The Bertz CT molecular complexity index is 745. The van der Waals surface area contributed by atoms with Crippen LogP contribution in [-0.2, 0) is 7.05 Å². The van der Waals surface area contributed by atoms with Crippen molar-refractivity contribution in [2.75, 3.05) is 0 Å². The van der Waals surface area contributed by atoms with Gasteiger partial charge in [0.15, 0.2) is 11.3 Å². The number of hydrogen-bond donors (Lipinski definition) is 0. The molecule has 0 N–H and O–H groups in total. The lowest BCUT2D eigenvalue weighted by atomic mass is 10.1. The number of rotatable bonds is 2. The second kappa shape index (κ2) is 4.06. The Balaban J connectivity index is 2.12. The molecule has 0 spiro atoms. The molecule has 6 heteroatoms. The first-order valence-corrected chi connectivity index (χ1v) is 6.04. The zero-order valence-corrected chi connectivity index (χ0v) is 11.0. The number of aromatic nitrogens is 3. The fraction of sp³-hybridized carbons (Fsp3) is 0.0833. The summed E-state index contributed by atoms with van der Waals surface area (Å²) in [7, 11) is 1.76. The molecule has 18 heavy (non-hydrogen) atoms. The van der Waals surface area contributed by atoms with Crippen molar-refractivity contribution in [1.29, 1.82) is 0 Å². The van der Waals surface area contributed by atoms with Crippen LogP contribution >= 0.6 is 15.9 Å². The monoisotopic (exact) mass is 305 g/mol. The normalized spacial score (nSPS) is 11.0. The lowest BCUT2D eigenvalue weighted by molar-refractivity contribution is 0.102. The third-order valence-electron chi connectivity index (χ3n) is 2.60. The van der Waals surface area contributed by atoms with Crippen molar-refractivity contribution in [2.45, 2.75) is 0 Å². The molecule has 1 aromatic carbocycles. The molecule has 5 nitrogen and oxygen atoms in total. The Morgan fingerprint density at radius 1 is 1.39 bits per heavy atom. The molecule has 0 aliphatic heterocycles. The Hall–Kier alpha value is -1.95. The number of carbonyl (C=O) groups excluding carboxylic acids is 1. The van der Waals surface area contributed by atoms with E-state index in [9.17, 15) is 4.79 Å². The van der Waals surface area contributed by atoms with E-state index in [2.05, 4.69) is 26.2 Å². The largest absolute Gasteiger partial charge is 0.355 e. The molecule has 0 atom stereocenters. The van der Waals surface area contributed by atoms with Crippen molar-refractivity contribution in [3.63, 3.8) is 0 Å². The first-order chi connectivity index (χ1) is 8.65. The third-order valence-corrected chi connectivity index (χ3v) is 3.09. The van der Waals surface area contributed by atoms with Crippen LogP contribution in [0.3, 0.4) is 0 Å². The van der Waals surface area contributed by atoms with Gasteiger partial charge in [0.2, 0.25) is 5.78 Å². The minimum Gasteiger partial charge on any atom is -0.355 e. The van der Waals surface area contributed by atoms with Gasteiger partial charge in [0, 0.05) is 17.7 Å². The Morgan fingerprint density at radius 2 is 2.22 bits per heavy atom. The SMILES string of the molecule is Cn1ccc(C(=O)c2noc3cc(Br)ccc23)n1. The van der Waals surface area contributed by atoms with E-state index in [1.807, 2.05) is 6.07 Å². The predicted molar refractivity (Wildman–Crippen MR) is 68.3 cm³/mol. The quantitative estimate of drug-likeness (QED) is 0.683. The number of aryl methyl sites for hydroxylation is 1. The van der Waals surface area contributed by atoms with Crippen LogP contribution in [0.15, 0.2) is 39.5 Å². The molecule has 0 saturated heterocycles. The molecule has 0 radical (unpaired) electrons. The molecule has 2 aromatic heterocycles. The smallest absolute Gasteiger partial charge is 0.235 e. The van der Waals surface area contributed by atoms with Gasteiger partial charge in [-0.1, -0.05) is 21.1 Å². The van der Waals surface area contributed by atoms with Crippen molar-refractivity contribution in [3.05, 3.63) is 46.3 Å². The van der Waals surface area contributed by atoms with Crippen LogP contribution in [0.25, 0.3) is 11.0 Å². The second-order valence-electron chi connectivity index (χ2n) is 3.88. The maximum Gasteiger partial charge on any atom is 0.235 e. The van der Waals surface area contributed by atoms with E-state index in [-0.39, 0.29) is 11.5 Å². The summed E-state index contributed by atoms with van der Waals surface area (Å²) < 4.78 is 7.60. The van der Waals surface area contributed by atoms with Crippen LogP contribution in [0.2, 0.25) is 0 Å². The molecule has 3 aromatic rings. The van der Waals surface area contributed by atoms with Crippen LogP contribution in [0.4, 0.5) is 0 Å². The molecule has 0 unspecified atom stereocenters. The van der Waals surface area contributed by atoms with Crippen molar-refractivity contribution in [1.82, 2.24) is 14.9 Å². The highest BCUT2D eigenvalue weighted by atomic mass is 79.9. The summed E-state index contributed by atoms with van der Waals surface area (Å²) in [5.74, 6) is -0.239. The van der Waals surface area contributed by atoms with Gasteiger partial charge in [-0.05, 0) is 24.3 Å². The molecular weight excluding hydrogens is 298 g/mol. The molecular formula is C12H8BrN3O2. The van der Waals surface area contributed by atoms with Gasteiger partial charge in [0.25, 0.3) is 0 Å². The highest BCUT2D eigenvalue weighted by Gasteiger charge is 2.19. The highest BCUT2D eigenvalue weighted by Crippen LogP contribution is 2.24.